The number of hydrogen-bond acceptors (Lipinski definition) is 5. The number of anilines is 1. The first-order valence-corrected chi connectivity index (χ1v) is 14.9. The van der Waals surface area contributed by atoms with Crippen LogP contribution in [0.5, 0.6) is 0 Å². The summed E-state index contributed by atoms with van der Waals surface area (Å²) in [6.45, 7) is 10.3. The normalized spacial score (nSPS) is 25.1. The van der Waals surface area contributed by atoms with Crippen molar-refractivity contribution in [2.45, 2.75) is 50.8 Å². The van der Waals surface area contributed by atoms with Crippen LogP contribution in [0.25, 0.3) is 6.08 Å². The number of carbonyl (C=O) groups is 2. The second kappa shape index (κ2) is 12.4. The van der Waals surface area contributed by atoms with Crippen LogP contribution in [0.1, 0.15) is 42.4 Å². The van der Waals surface area contributed by atoms with E-state index in [4.69, 9.17) is 0 Å². The largest absolute Gasteiger partial charge is 0.369 e. The van der Waals surface area contributed by atoms with Gasteiger partial charge in [-0.15, -0.1) is 11.8 Å². The molecule has 5 rings (SSSR count). The number of thioether (sulfide) groups is 1. The van der Waals surface area contributed by atoms with E-state index >= 15 is 0 Å². The average Bonchev–Trinajstić information content (AvgIpc) is 2.93. The summed E-state index contributed by atoms with van der Waals surface area (Å²) in [5.41, 5.74) is 5.06. The number of carbonyl (C=O) groups excluding carboxylic acids is 2. The zero-order chi connectivity index (χ0) is 26.5. The van der Waals surface area contributed by atoms with Crippen molar-refractivity contribution in [1.82, 2.24) is 15.5 Å². The van der Waals surface area contributed by atoms with Crippen LogP contribution in [0.3, 0.4) is 0 Å². The molecule has 1 saturated carbocycles. The Morgan fingerprint density at radius 1 is 1.08 bits per heavy atom. The highest BCUT2D eigenvalue weighted by Gasteiger charge is 2.39. The molecule has 0 radical (unpaired) electrons. The molecule has 3 aliphatic rings. The lowest BCUT2D eigenvalue weighted by Gasteiger charge is -2.39. The number of nitrogens with zero attached hydrogens (tertiary/aromatic N) is 2. The quantitative estimate of drug-likeness (QED) is 0.410. The van der Waals surface area contributed by atoms with Gasteiger partial charge in [-0.25, -0.2) is 0 Å². The van der Waals surface area contributed by atoms with Gasteiger partial charge < -0.3 is 15.5 Å². The smallest absolute Gasteiger partial charge is 0.257 e. The molecule has 7 heteroatoms. The second-order valence-electron chi connectivity index (χ2n) is 10.9. The van der Waals surface area contributed by atoms with Crippen molar-refractivity contribution in [2.75, 3.05) is 44.2 Å². The zero-order valence-corrected chi connectivity index (χ0v) is 23.4. The third-order valence-electron chi connectivity index (χ3n) is 8.10. The molecule has 0 bridgehead atoms. The van der Waals surface area contributed by atoms with Crippen LogP contribution in [0.4, 0.5) is 5.69 Å². The minimum atomic E-state index is -0.0158. The van der Waals surface area contributed by atoms with E-state index in [1.165, 1.54) is 16.8 Å². The van der Waals surface area contributed by atoms with Gasteiger partial charge in [-0.2, -0.15) is 0 Å². The van der Waals surface area contributed by atoms with E-state index in [2.05, 4.69) is 52.5 Å². The van der Waals surface area contributed by atoms with Gasteiger partial charge in [0.1, 0.15) is 0 Å². The fraction of sp³-hybridized carbons (Fsp3) is 0.484. The van der Waals surface area contributed by atoms with Gasteiger partial charge in [0, 0.05) is 55.6 Å². The van der Waals surface area contributed by atoms with Crippen molar-refractivity contribution in [1.29, 1.82) is 0 Å². The number of amides is 2. The molecule has 6 nitrogen and oxygen atoms in total. The van der Waals surface area contributed by atoms with E-state index in [-0.39, 0.29) is 23.8 Å². The molecule has 38 heavy (non-hydrogen) atoms. The fourth-order valence-corrected chi connectivity index (χ4v) is 7.15. The number of rotatable bonds is 7. The van der Waals surface area contributed by atoms with E-state index in [1.807, 2.05) is 36.4 Å². The van der Waals surface area contributed by atoms with Crippen LogP contribution in [-0.2, 0) is 9.59 Å². The Kier molecular flexibility index (Phi) is 8.75. The third-order valence-corrected chi connectivity index (χ3v) is 9.53. The Labute approximate surface area is 231 Å². The molecule has 2 heterocycles. The maximum Gasteiger partial charge on any atom is 0.257 e. The van der Waals surface area contributed by atoms with Crippen LogP contribution in [0.15, 0.2) is 53.4 Å². The van der Waals surface area contributed by atoms with Gasteiger partial charge in [0.25, 0.3) is 5.91 Å². The lowest BCUT2D eigenvalue weighted by atomic mass is 9.84. The highest BCUT2D eigenvalue weighted by Crippen LogP contribution is 2.40. The molecular formula is C31H40N4O2S. The molecule has 0 spiro atoms. The van der Waals surface area contributed by atoms with Gasteiger partial charge in [-0.3, -0.25) is 14.5 Å². The minimum Gasteiger partial charge on any atom is -0.369 e. The number of benzene rings is 2. The molecule has 2 N–H and O–H groups in total. The fourth-order valence-electron chi connectivity index (χ4n) is 5.86. The summed E-state index contributed by atoms with van der Waals surface area (Å²) in [7, 11) is 0. The molecule has 2 amide bonds. The zero-order valence-electron chi connectivity index (χ0n) is 22.6. The molecule has 3 fully saturated rings. The SMILES string of the molecule is Cc1ccc(C)c(N2CCN(CCCNC(=O)C3CCC4S/C(=C\c5ccccc5)C(=O)NC4C3)CC2)c1. The maximum absolute atomic E-state index is 12.9. The number of hydrogen-bond donors (Lipinski definition) is 2. The summed E-state index contributed by atoms with van der Waals surface area (Å²) in [6.07, 6.45) is 5.50. The van der Waals surface area contributed by atoms with Crippen LogP contribution in [0, 0.1) is 19.8 Å². The maximum atomic E-state index is 12.9. The minimum absolute atomic E-state index is 0.0150. The lowest BCUT2D eigenvalue weighted by Crippen LogP contribution is -2.51. The molecule has 1 aliphatic carbocycles. The molecule has 2 aromatic rings. The van der Waals surface area contributed by atoms with Gasteiger partial charge in [0.2, 0.25) is 5.91 Å². The summed E-state index contributed by atoms with van der Waals surface area (Å²) in [5.74, 6) is 0.116. The van der Waals surface area contributed by atoms with E-state index in [0.717, 1.165) is 68.9 Å². The van der Waals surface area contributed by atoms with Crippen molar-refractivity contribution >= 4 is 35.3 Å². The summed E-state index contributed by atoms with van der Waals surface area (Å²) < 4.78 is 0. The van der Waals surface area contributed by atoms with Crippen LogP contribution in [-0.4, -0.2) is 67.3 Å². The van der Waals surface area contributed by atoms with Crippen LogP contribution >= 0.6 is 11.8 Å². The molecule has 3 atom stereocenters. The van der Waals surface area contributed by atoms with Gasteiger partial charge in [0.05, 0.1) is 4.91 Å². The third kappa shape index (κ3) is 6.62. The van der Waals surface area contributed by atoms with Crippen molar-refractivity contribution in [3.63, 3.8) is 0 Å². The van der Waals surface area contributed by atoms with Crippen molar-refractivity contribution in [2.24, 2.45) is 5.92 Å². The molecular weight excluding hydrogens is 492 g/mol. The Hall–Kier alpha value is -2.77. The summed E-state index contributed by atoms with van der Waals surface area (Å²) in [6, 6.07) is 16.7. The number of fused-ring (bicyclic) bond motifs is 1. The average molecular weight is 533 g/mol. The number of piperazine rings is 1. The van der Waals surface area contributed by atoms with E-state index in [1.54, 1.807) is 11.8 Å². The molecule has 2 aliphatic heterocycles. The van der Waals surface area contributed by atoms with E-state index in [0.29, 0.717) is 11.8 Å². The molecule has 2 saturated heterocycles. The van der Waals surface area contributed by atoms with E-state index < -0.39 is 0 Å². The summed E-state index contributed by atoms with van der Waals surface area (Å²) >= 11 is 1.68. The number of aryl methyl sites for hydroxylation is 2. The van der Waals surface area contributed by atoms with E-state index in [9.17, 15) is 9.59 Å². The van der Waals surface area contributed by atoms with Gasteiger partial charge >= 0.3 is 0 Å². The topological polar surface area (TPSA) is 64.7 Å². The Balaban J connectivity index is 1.01. The summed E-state index contributed by atoms with van der Waals surface area (Å²) in [5, 5.41) is 6.71. The highest BCUT2D eigenvalue weighted by atomic mass is 32.2. The highest BCUT2D eigenvalue weighted by molar-refractivity contribution is 8.04. The Morgan fingerprint density at radius 3 is 2.66 bits per heavy atom. The Bertz CT molecular complexity index is 1160. The molecule has 0 aromatic heterocycles. The standard InChI is InChI=1S/C31H40N4O2S/c1-22-9-10-23(2)27(19-22)35-17-15-34(16-18-35)14-6-13-32-30(36)25-11-12-28-26(21-25)33-31(37)29(38-28)20-24-7-4-3-5-8-24/h3-5,7-10,19-20,25-26,28H,6,11-18,21H2,1-2H3,(H,32,36)(H,33,37)/b29-20-. The molecule has 202 valence electrons. The first-order chi connectivity index (χ1) is 18.5. The van der Waals surface area contributed by atoms with Crippen molar-refractivity contribution in [3.8, 4) is 0 Å². The summed E-state index contributed by atoms with van der Waals surface area (Å²) in [4.78, 5) is 31.4. The van der Waals surface area contributed by atoms with Crippen LogP contribution in [0.2, 0.25) is 0 Å². The van der Waals surface area contributed by atoms with Gasteiger partial charge in [0.15, 0.2) is 0 Å². The first kappa shape index (κ1) is 26.8. The van der Waals surface area contributed by atoms with Crippen molar-refractivity contribution in [3.05, 3.63) is 70.1 Å². The van der Waals surface area contributed by atoms with Gasteiger partial charge in [-0.05, 0) is 74.9 Å². The van der Waals surface area contributed by atoms with Crippen LogP contribution < -0.4 is 15.5 Å². The number of nitrogens with one attached hydrogen (secondary N) is 2. The predicted octanol–water partition coefficient (Wildman–Crippen LogP) is 4.37. The molecule has 3 unspecified atom stereocenters. The monoisotopic (exact) mass is 532 g/mol. The second-order valence-corrected chi connectivity index (χ2v) is 12.2. The van der Waals surface area contributed by atoms with Gasteiger partial charge in [-0.1, -0.05) is 42.5 Å². The van der Waals surface area contributed by atoms with Crippen molar-refractivity contribution < 1.29 is 9.59 Å². The Morgan fingerprint density at radius 2 is 1.87 bits per heavy atom. The predicted molar refractivity (Wildman–Crippen MR) is 157 cm³/mol. The first-order valence-electron chi connectivity index (χ1n) is 14.0. The lowest BCUT2D eigenvalue weighted by molar-refractivity contribution is -0.127. The molecule has 2 aromatic carbocycles.